The highest BCUT2D eigenvalue weighted by Crippen LogP contribution is 2.25. The zero-order valence-corrected chi connectivity index (χ0v) is 15.0. The zero-order chi connectivity index (χ0) is 19.8. The smallest absolute Gasteiger partial charge is 0.339 e. The topological polar surface area (TPSA) is 108 Å². The third-order valence-electron chi connectivity index (χ3n) is 3.64. The van der Waals surface area contributed by atoms with Crippen molar-refractivity contribution in [2.24, 2.45) is 5.73 Å². The van der Waals surface area contributed by atoms with Crippen LogP contribution < -0.4 is 15.8 Å². The lowest BCUT2D eigenvalue weighted by atomic mass is 10.0. The highest BCUT2D eigenvalue weighted by atomic mass is 16.5. The van der Waals surface area contributed by atoms with E-state index in [0.29, 0.717) is 16.9 Å². The monoisotopic (exact) mass is 368 g/mol. The second kappa shape index (κ2) is 9.19. The predicted molar refractivity (Wildman–Crippen MR) is 101 cm³/mol. The van der Waals surface area contributed by atoms with Gasteiger partial charge in [-0.05, 0) is 24.6 Å². The third-order valence-corrected chi connectivity index (χ3v) is 3.64. The van der Waals surface area contributed by atoms with Gasteiger partial charge in [-0.2, -0.15) is 0 Å². The van der Waals surface area contributed by atoms with E-state index in [1.807, 2.05) is 23.5 Å². The van der Waals surface area contributed by atoms with Crippen LogP contribution in [0.4, 0.5) is 4.79 Å². The van der Waals surface area contributed by atoms with E-state index in [2.05, 4.69) is 0 Å². The Kier molecular flexibility index (Phi) is 6.71. The second-order valence-corrected chi connectivity index (χ2v) is 5.57. The molecule has 0 aliphatic rings. The van der Waals surface area contributed by atoms with Gasteiger partial charge < -0.3 is 15.2 Å². The summed E-state index contributed by atoms with van der Waals surface area (Å²) in [7, 11) is 1.53. The van der Waals surface area contributed by atoms with Crippen molar-refractivity contribution in [3.63, 3.8) is 0 Å². The molecule has 0 saturated carbocycles. The van der Waals surface area contributed by atoms with Crippen molar-refractivity contribution in [1.82, 2.24) is 5.32 Å². The fourth-order valence-corrected chi connectivity index (χ4v) is 2.32. The van der Waals surface area contributed by atoms with Crippen LogP contribution in [0.5, 0.6) is 5.75 Å². The van der Waals surface area contributed by atoms with Gasteiger partial charge in [-0.3, -0.25) is 10.1 Å². The quantitative estimate of drug-likeness (QED) is 0.462. The average Bonchev–Trinajstić information content (AvgIpc) is 2.66. The summed E-state index contributed by atoms with van der Waals surface area (Å²) >= 11 is 0. The number of ether oxygens (including phenoxy) is 2. The Balaban J connectivity index is 2.36. The minimum Gasteiger partial charge on any atom is -0.496 e. The molecule has 140 valence electrons. The molecule has 3 N–H and O–H groups in total. The average molecular weight is 368 g/mol. The molecule has 0 bridgehead atoms. The summed E-state index contributed by atoms with van der Waals surface area (Å²) in [5.74, 6) is -0.946. The molecule has 7 nitrogen and oxygen atoms in total. The number of imide groups is 1. The molecule has 0 radical (unpaired) electrons. The molecule has 7 heteroatoms. The van der Waals surface area contributed by atoms with Crippen molar-refractivity contribution < 1.29 is 23.9 Å². The number of carbonyl (C=O) groups is 3. The van der Waals surface area contributed by atoms with E-state index in [0.717, 1.165) is 0 Å². The van der Waals surface area contributed by atoms with E-state index >= 15 is 0 Å². The lowest BCUT2D eigenvalue weighted by molar-refractivity contribution is -0.148. The van der Waals surface area contributed by atoms with Gasteiger partial charge in [0.1, 0.15) is 5.75 Å². The molecule has 27 heavy (non-hydrogen) atoms. The maximum absolute atomic E-state index is 12.7. The number of rotatable bonds is 6. The van der Waals surface area contributed by atoms with E-state index in [1.54, 1.807) is 42.5 Å². The Morgan fingerprint density at radius 3 is 2.30 bits per heavy atom. The van der Waals surface area contributed by atoms with Gasteiger partial charge in [0.25, 0.3) is 5.91 Å². The minimum absolute atomic E-state index is 0.235. The van der Waals surface area contributed by atoms with Crippen LogP contribution in [0, 0.1) is 0 Å². The summed E-state index contributed by atoms with van der Waals surface area (Å²) in [4.78, 5) is 35.3. The molecule has 2 aromatic carbocycles. The number of methoxy groups -OCH3 is 1. The van der Waals surface area contributed by atoms with E-state index in [9.17, 15) is 14.4 Å². The van der Waals surface area contributed by atoms with Crippen LogP contribution >= 0.6 is 0 Å². The first-order chi connectivity index (χ1) is 12.9. The number of para-hydroxylation sites is 1. The molecule has 0 fully saturated rings. The Labute approximate surface area is 156 Å². The minimum atomic E-state index is -1.20. The lowest BCUT2D eigenvalue weighted by Crippen LogP contribution is -2.42. The number of hydrogen-bond acceptors (Lipinski definition) is 5. The fraction of sp³-hybridized carbons (Fsp3) is 0.150. The highest BCUT2D eigenvalue weighted by Gasteiger charge is 2.22. The number of urea groups is 1. The molecule has 2 rings (SSSR count). The van der Waals surface area contributed by atoms with Gasteiger partial charge >= 0.3 is 12.0 Å². The van der Waals surface area contributed by atoms with Gasteiger partial charge in [-0.25, -0.2) is 9.59 Å². The summed E-state index contributed by atoms with van der Waals surface area (Å²) in [5, 5.41) is 1.88. The summed E-state index contributed by atoms with van der Waals surface area (Å²) in [6.07, 6.45) is 0.421. The number of primary amides is 1. The van der Waals surface area contributed by atoms with Crippen molar-refractivity contribution >= 4 is 29.6 Å². The summed E-state index contributed by atoms with van der Waals surface area (Å²) in [6.45, 7) is 1.35. The Bertz CT molecular complexity index is 862. The lowest BCUT2D eigenvalue weighted by Gasteiger charge is -2.14. The van der Waals surface area contributed by atoms with Crippen molar-refractivity contribution in [3.8, 4) is 5.75 Å². The van der Waals surface area contributed by atoms with Crippen LogP contribution in [0.25, 0.3) is 11.6 Å². The van der Waals surface area contributed by atoms with Gasteiger partial charge in [0.05, 0.1) is 12.7 Å². The number of hydrogen-bond donors (Lipinski definition) is 2. The Morgan fingerprint density at radius 2 is 1.67 bits per heavy atom. The molecule has 0 aliphatic carbocycles. The molecule has 0 saturated heterocycles. The second-order valence-electron chi connectivity index (χ2n) is 5.57. The molecule has 0 aromatic heterocycles. The van der Waals surface area contributed by atoms with E-state index in [4.69, 9.17) is 15.2 Å². The first-order valence-electron chi connectivity index (χ1n) is 8.13. The number of amides is 3. The first-order valence-corrected chi connectivity index (χ1v) is 8.13. The van der Waals surface area contributed by atoms with E-state index < -0.39 is 24.0 Å². The number of benzene rings is 2. The van der Waals surface area contributed by atoms with Crippen LogP contribution in [0.1, 0.15) is 18.1 Å². The third kappa shape index (κ3) is 5.43. The van der Waals surface area contributed by atoms with Crippen LogP contribution in [-0.4, -0.2) is 31.1 Å². The first kappa shape index (κ1) is 19.7. The molecule has 0 unspecified atom stereocenters. The molecule has 2 aromatic rings. The largest absolute Gasteiger partial charge is 0.496 e. The van der Waals surface area contributed by atoms with Crippen LogP contribution in [0.3, 0.4) is 0 Å². The highest BCUT2D eigenvalue weighted by molar-refractivity contribution is 6.22. The van der Waals surface area contributed by atoms with Crippen molar-refractivity contribution in [3.05, 3.63) is 65.7 Å². The number of nitrogens with two attached hydrogens (primary N) is 1. The summed E-state index contributed by atoms with van der Waals surface area (Å²) in [5.41, 5.74) is 6.42. The molecular formula is C20H20N2O5. The van der Waals surface area contributed by atoms with Crippen molar-refractivity contribution in [2.45, 2.75) is 13.0 Å². The maximum Gasteiger partial charge on any atom is 0.339 e. The standard InChI is InChI=1S/C20H20N2O5/c1-13(18(23)22-20(21)25)27-19(24)16(14-8-4-3-5-9-14)12-15-10-6-7-11-17(15)26-2/h3-13H,1-2H3,(H3,21,22,23,25)/b16-12+/t13-/m0/s1. The molecular weight excluding hydrogens is 348 g/mol. The summed E-state index contributed by atoms with van der Waals surface area (Å²) in [6, 6.07) is 15.0. The maximum atomic E-state index is 12.7. The number of carbonyl (C=O) groups excluding carboxylic acids is 3. The van der Waals surface area contributed by atoms with Gasteiger partial charge in [0.15, 0.2) is 6.10 Å². The SMILES string of the molecule is COc1ccccc1/C=C(/C(=O)O[C@@H](C)C(=O)NC(N)=O)c1ccccc1. The van der Waals surface area contributed by atoms with E-state index in [1.165, 1.54) is 14.0 Å². The molecule has 0 spiro atoms. The molecule has 1 atom stereocenters. The fourth-order valence-electron chi connectivity index (χ4n) is 2.32. The Morgan fingerprint density at radius 1 is 1.04 bits per heavy atom. The normalized spacial score (nSPS) is 12.0. The van der Waals surface area contributed by atoms with Gasteiger partial charge in [-0.1, -0.05) is 48.5 Å². The molecule has 0 heterocycles. The summed E-state index contributed by atoms with van der Waals surface area (Å²) < 4.78 is 10.5. The van der Waals surface area contributed by atoms with Crippen LogP contribution in [0.15, 0.2) is 54.6 Å². The number of nitrogens with one attached hydrogen (secondary N) is 1. The van der Waals surface area contributed by atoms with Gasteiger partial charge in [0, 0.05) is 5.56 Å². The molecule has 0 aliphatic heterocycles. The predicted octanol–water partition coefficient (Wildman–Crippen LogP) is 2.36. The van der Waals surface area contributed by atoms with Gasteiger partial charge in [-0.15, -0.1) is 0 Å². The zero-order valence-electron chi connectivity index (χ0n) is 15.0. The molecule has 3 amide bonds. The van der Waals surface area contributed by atoms with Crippen LogP contribution in [-0.2, 0) is 14.3 Å². The van der Waals surface area contributed by atoms with E-state index in [-0.39, 0.29) is 5.57 Å². The van der Waals surface area contributed by atoms with Crippen molar-refractivity contribution in [1.29, 1.82) is 0 Å². The van der Waals surface area contributed by atoms with Crippen molar-refractivity contribution in [2.75, 3.05) is 7.11 Å². The van der Waals surface area contributed by atoms with Crippen LogP contribution in [0.2, 0.25) is 0 Å². The van der Waals surface area contributed by atoms with Gasteiger partial charge in [0.2, 0.25) is 0 Å². The Hall–Kier alpha value is -3.61. The number of esters is 1.